The Hall–Kier alpha value is -2.17. The highest BCUT2D eigenvalue weighted by Gasteiger charge is 2.41. The average Bonchev–Trinajstić information content (AvgIpc) is 2.59. The number of carboxylic acid groups (broad SMARTS) is 1. The van der Waals surface area contributed by atoms with Crippen LogP contribution in [0.2, 0.25) is 0 Å². The Morgan fingerprint density at radius 1 is 1.25 bits per heavy atom. The van der Waals surface area contributed by atoms with Gasteiger partial charge in [0.15, 0.2) is 0 Å². The topological polar surface area (TPSA) is 74.7 Å². The second kappa shape index (κ2) is 4.44. The van der Waals surface area contributed by atoms with Crippen LogP contribution in [0.25, 0.3) is 0 Å². The van der Waals surface area contributed by atoms with Crippen molar-refractivity contribution in [2.24, 2.45) is 5.41 Å². The summed E-state index contributed by atoms with van der Waals surface area (Å²) in [5, 5.41) is 9.20. The first-order valence-corrected chi connectivity index (χ1v) is 6.36. The van der Waals surface area contributed by atoms with Gasteiger partial charge in [0.2, 0.25) is 0 Å². The van der Waals surface area contributed by atoms with Crippen LogP contribution in [0.5, 0.6) is 0 Å². The van der Waals surface area contributed by atoms with Crippen LogP contribution in [0.1, 0.15) is 35.3 Å². The summed E-state index contributed by atoms with van der Waals surface area (Å²) in [6, 6.07) is 3.43. The molecule has 1 heterocycles. The monoisotopic (exact) mass is 275 g/mol. The Bertz CT molecular complexity index is 631. The number of aliphatic carboxylic acids is 1. The van der Waals surface area contributed by atoms with E-state index >= 15 is 0 Å². The molecule has 0 bridgehead atoms. The van der Waals surface area contributed by atoms with Crippen LogP contribution < -0.4 is 4.90 Å². The zero-order valence-electron chi connectivity index (χ0n) is 12.0. The number of benzene rings is 1. The van der Waals surface area contributed by atoms with E-state index in [9.17, 15) is 19.5 Å². The van der Waals surface area contributed by atoms with Crippen LogP contribution in [0, 0.1) is 19.3 Å². The highest BCUT2D eigenvalue weighted by molar-refractivity contribution is 6.52. The zero-order chi connectivity index (χ0) is 15.2. The van der Waals surface area contributed by atoms with E-state index in [2.05, 4.69) is 0 Å². The number of amides is 1. The quantitative estimate of drug-likeness (QED) is 0.855. The van der Waals surface area contributed by atoms with Crippen molar-refractivity contribution >= 4 is 23.3 Å². The molecule has 0 atom stereocenters. The van der Waals surface area contributed by atoms with Crippen LogP contribution in [0.15, 0.2) is 12.1 Å². The summed E-state index contributed by atoms with van der Waals surface area (Å²) >= 11 is 0. The molecule has 5 nitrogen and oxygen atoms in total. The summed E-state index contributed by atoms with van der Waals surface area (Å²) in [6.07, 6.45) is 0. The number of anilines is 1. The van der Waals surface area contributed by atoms with Crippen molar-refractivity contribution < 1.29 is 19.5 Å². The van der Waals surface area contributed by atoms with Gasteiger partial charge < -0.3 is 10.0 Å². The summed E-state index contributed by atoms with van der Waals surface area (Å²) in [5.74, 6) is -2.22. The van der Waals surface area contributed by atoms with Gasteiger partial charge in [-0.15, -0.1) is 0 Å². The molecule has 0 aliphatic carbocycles. The SMILES string of the molecule is Cc1ccc2c(c1C)N(CC(C)(C)C(=O)O)C(=O)C2=O. The van der Waals surface area contributed by atoms with Crippen LogP contribution in [-0.2, 0) is 9.59 Å². The predicted octanol–water partition coefficient (Wildman–Crippen LogP) is 1.94. The number of hydrogen-bond donors (Lipinski definition) is 1. The average molecular weight is 275 g/mol. The van der Waals surface area contributed by atoms with Gasteiger partial charge in [-0.2, -0.15) is 0 Å². The van der Waals surface area contributed by atoms with Crippen LogP contribution >= 0.6 is 0 Å². The van der Waals surface area contributed by atoms with Gasteiger partial charge >= 0.3 is 5.97 Å². The maximum absolute atomic E-state index is 12.1. The molecule has 2 rings (SSSR count). The number of carbonyl (C=O) groups is 3. The standard InChI is InChI=1S/C15H17NO4/c1-8-5-6-10-11(9(8)2)16(13(18)12(10)17)7-15(3,4)14(19)20/h5-6H,7H2,1-4H3,(H,19,20). The lowest BCUT2D eigenvalue weighted by atomic mass is 9.92. The van der Waals surface area contributed by atoms with Crippen LogP contribution in [-0.4, -0.2) is 29.3 Å². The fourth-order valence-electron chi connectivity index (χ4n) is 2.29. The van der Waals surface area contributed by atoms with Crippen molar-refractivity contribution in [1.29, 1.82) is 0 Å². The molecule has 0 saturated carbocycles. The molecule has 1 amide bonds. The van der Waals surface area contributed by atoms with Crippen molar-refractivity contribution in [3.63, 3.8) is 0 Å². The largest absolute Gasteiger partial charge is 0.481 e. The fraction of sp³-hybridized carbons (Fsp3) is 0.400. The molecular formula is C15H17NO4. The lowest BCUT2D eigenvalue weighted by Crippen LogP contribution is -2.42. The van der Waals surface area contributed by atoms with E-state index in [1.807, 2.05) is 13.8 Å². The van der Waals surface area contributed by atoms with Crippen molar-refractivity contribution in [1.82, 2.24) is 0 Å². The smallest absolute Gasteiger partial charge is 0.310 e. The maximum Gasteiger partial charge on any atom is 0.310 e. The molecule has 0 radical (unpaired) electrons. The van der Waals surface area contributed by atoms with Gasteiger partial charge in [-0.1, -0.05) is 6.07 Å². The van der Waals surface area contributed by atoms with Crippen molar-refractivity contribution in [2.45, 2.75) is 27.7 Å². The first kappa shape index (κ1) is 14.2. The van der Waals surface area contributed by atoms with E-state index < -0.39 is 23.1 Å². The zero-order valence-corrected chi connectivity index (χ0v) is 12.0. The minimum absolute atomic E-state index is 0.0236. The Morgan fingerprint density at radius 2 is 1.85 bits per heavy atom. The second-order valence-corrected chi connectivity index (χ2v) is 5.81. The van der Waals surface area contributed by atoms with Gasteiger partial charge in [0, 0.05) is 6.54 Å². The molecule has 1 aliphatic heterocycles. The highest BCUT2D eigenvalue weighted by Crippen LogP contribution is 2.36. The van der Waals surface area contributed by atoms with Gasteiger partial charge in [0.05, 0.1) is 16.7 Å². The van der Waals surface area contributed by atoms with Gasteiger partial charge in [0.1, 0.15) is 0 Å². The molecule has 0 saturated heterocycles. The number of aryl methyl sites for hydroxylation is 1. The minimum Gasteiger partial charge on any atom is -0.481 e. The predicted molar refractivity (Wildman–Crippen MR) is 74.0 cm³/mol. The van der Waals surface area contributed by atoms with E-state index in [-0.39, 0.29) is 6.54 Å². The minimum atomic E-state index is -1.12. The highest BCUT2D eigenvalue weighted by atomic mass is 16.4. The van der Waals surface area contributed by atoms with E-state index in [0.717, 1.165) is 11.1 Å². The Kier molecular flexibility index (Phi) is 3.16. The number of rotatable bonds is 3. The summed E-state index contributed by atoms with van der Waals surface area (Å²) in [4.78, 5) is 36.6. The second-order valence-electron chi connectivity index (χ2n) is 5.81. The number of hydrogen-bond acceptors (Lipinski definition) is 3. The lowest BCUT2D eigenvalue weighted by Gasteiger charge is -2.27. The van der Waals surface area contributed by atoms with Gasteiger partial charge in [0.25, 0.3) is 11.7 Å². The summed E-state index contributed by atoms with van der Waals surface area (Å²) < 4.78 is 0. The molecule has 1 aromatic carbocycles. The van der Waals surface area contributed by atoms with Gasteiger partial charge in [-0.3, -0.25) is 14.4 Å². The fourth-order valence-corrected chi connectivity index (χ4v) is 2.29. The number of fused-ring (bicyclic) bond motifs is 1. The number of ketones is 1. The molecule has 0 aromatic heterocycles. The first-order valence-electron chi connectivity index (χ1n) is 6.36. The van der Waals surface area contributed by atoms with Gasteiger partial charge in [-0.05, 0) is 44.9 Å². The van der Waals surface area contributed by atoms with Gasteiger partial charge in [-0.25, -0.2) is 0 Å². The summed E-state index contributed by atoms with van der Waals surface area (Å²) in [7, 11) is 0. The molecule has 0 unspecified atom stereocenters. The number of nitrogens with zero attached hydrogens (tertiary/aromatic N) is 1. The molecule has 0 spiro atoms. The van der Waals surface area contributed by atoms with Crippen LogP contribution in [0.4, 0.5) is 5.69 Å². The third kappa shape index (κ3) is 1.99. The van der Waals surface area contributed by atoms with E-state index in [4.69, 9.17) is 0 Å². The van der Waals surface area contributed by atoms with E-state index in [1.54, 1.807) is 12.1 Å². The molecule has 1 aliphatic rings. The molecular weight excluding hydrogens is 258 g/mol. The van der Waals surface area contributed by atoms with Crippen molar-refractivity contribution in [3.8, 4) is 0 Å². The van der Waals surface area contributed by atoms with Crippen LogP contribution in [0.3, 0.4) is 0 Å². The number of carbonyl (C=O) groups excluding carboxylic acids is 2. The van der Waals surface area contributed by atoms with Crippen molar-refractivity contribution in [3.05, 3.63) is 28.8 Å². The van der Waals surface area contributed by atoms with E-state index in [0.29, 0.717) is 11.3 Å². The van der Waals surface area contributed by atoms with E-state index in [1.165, 1.54) is 18.7 Å². The Labute approximate surface area is 117 Å². The molecule has 20 heavy (non-hydrogen) atoms. The molecule has 1 N–H and O–H groups in total. The molecule has 0 fully saturated rings. The number of carboxylic acids is 1. The Morgan fingerprint density at radius 3 is 2.40 bits per heavy atom. The molecule has 5 heteroatoms. The summed E-state index contributed by atoms with van der Waals surface area (Å²) in [6.45, 7) is 6.78. The van der Waals surface area contributed by atoms with Crippen molar-refractivity contribution in [2.75, 3.05) is 11.4 Å². The first-order chi connectivity index (χ1) is 9.16. The number of Topliss-reactive ketones (excluding diaryl/α,β-unsaturated/α-hetero) is 1. The maximum atomic E-state index is 12.1. The molecule has 106 valence electrons. The normalized spacial score (nSPS) is 14.7. The third-order valence-electron chi connectivity index (χ3n) is 3.79. The summed E-state index contributed by atoms with van der Waals surface area (Å²) in [5.41, 5.74) is 1.59. The molecule has 1 aromatic rings. The Balaban J connectivity index is 2.53. The lowest BCUT2D eigenvalue weighted by molar-refractivity contribution is -0.146. The third-order valence-corrected chi connectivity index (χ3v) is 3.79.